The average Bonchev–Trinajstić information content (AvgIpc) is 3.21. The van der Waals surface area contributed by atoms with Gasteiger partial charge in [-0.3, -0.25) is 4.79 Å². The molecule has 1 amide bonds. The van der Waals surface area contributed by atoms with Gasteiger partial charge in [0.25, 0.3) is 0 Å². The second-order valence-electron chi connectivity index (χ2n) is 6.57. The Labute approximate surface area is 163 Å². The highest BCUT2D eigenvalue weighted by Gasteiger charge is 2.21. The van der Waals surface area contributed by atoms with E-state index in [4.69, 9.17) is 9.47 Å². The third-order valence-electron chi connectivity index (χ3n) is 4.74. The van der Waals surface area contributed by atoms with Gasteiger partial charge in [0.2, 0.25) is 12.7 Å². The Kier molecular flexibility index (Phi) is 5.27. The first-order chi connectivity index (χ1) is 13.7. The van der Waals surface area contributed by atoms with Crippen molar-refractivity contribution >= 4 is 23.6 Å². The number of benzene rings is 1. The van der Waals surface area contributed by atoms with Crippen molar-refractivity contribution in [1.29, 1.82) is 0 Å². The molecule has 2 aromatic rings. The number of piperazine rings is 1. The molecule has 1 N–H and O–H groups in total. The van der Waals surface area contributed by atoms with Crippen LogP contribution in [0.3, 0.4) is 0 Å². The van der Waals surface area contributed by atoms with Crippen molar-refractivity contribution < 1.29 is 14.3 Å². The fourth-order valence-electron chi connectivity index (χ4n) is 3.21. The van der Waals surface area contributed by atoms with Gasteiger partial charge in [0, 0.05) is 38.8 Å². The lowest BCUT2D eigenvalue weighted by Gasteiger charge is -2.34. The number of ether oxygens (including phenoxy) is 2. The largest absolute Gasteiger partial charge is 0.454 e. The summed E-state index contributed by atoms with van der Waals surface area (Å²) >= 11 is 0. The molecule has 0 radical (unpaired) electrons. The van der Waals surface area contributed by atoms with E-state index >= 15 is 0 Å². The zero-order valence-electron chi connectivity index (χ0n) is 15.8. The van der Waals surface area contributed by atoms with Crippen LogP contribution in [-0.2, 0) is 4.79 Å². The van der Waals surface area contributed by atoms with Crippen molar-refractivity contribution in [3.05, 3.63) is 42.0 Å². The Balaban J connectivity index is 1.31. The van der Waals surface area contributed by atoms with Gasteiger partial charge < -0.3 is 24.6 Å². The highest BCUT2D eigenvalue weighted by Crippen LogP contribution is 2.32. The van der Waals surface area contributed by atoms with Gasteiger partial charge in [-0.25, -0.2) is 0 Å². The monoisotopic (exact) mass is 381 g/mol. The van der Waals surface area contributed by atoms with Gasteiger partial charge in [-0.05, 0) is 42.8 Å². The Morgan fingerprint density at radius 3 is 2.68 bits per heavy atom. The SMILES string of the molecule is CCNc1ccc(N2CCN(C(=O)/C=C/c3ccc4c(c3)OCO4)CC2)nn1. The van der Waals surface area contributed by atoms with E-state index in [9.17, 15) is 4.79 Å². The summed E-state index contributed by atoms with van der Waals surface area (Å²) in [5, 5.41) is 11.6. The highest BCUT2D eigenvalue weighted by molar-refractivity contribution is 5.92. The van der Waals surface area contributed by atoms with Gasteiger partial charge >= 0.3 is 0 Å². The summed E-state index contributed by atoms with van der Waals surface area (Å²) in [4.78, 5) is 16.5. The van der Waals surface area contributed by atoms with Crippen LogP contribution >= 0.6 is 0 Å². The number of anilines is 2. The number of nitrogens with zero attached hydrogens (tertiary/aromatic N) is 4. The molecule has 1 aromatic carbocycles. The van der Waals surface area contributed by atoms with E-state index in [1.807, 2.05) is 48.2 Å². The smallest absolute Gasteiger partial charge is 0.246 e. The molecule has 8 heteroatoms. The Morgan fingerprint density at radius 1 is 1.11 bits per heavy atom. The first kappa shape index (κ1) is 18.1. The molecule has 0 spiro atoms. The maximum absolute atomic E-state index is 12.5. The first-order valence-electron chi connectivity index (χ1n) is 9.42. The molecule has 146 valence electrons. The van der Waals surface area contributed by atoms with Crippen molar-refractivity contribution in [2.24, 2.45) is 0 Å². The Bertz CT molecular complexity index is 861. The third-order valence-corrected chi connectivity index (χ3v) is 4.74. The highest BCUT2D eigenvalue weighted by atomic mass is 16.7. The van der Waals surface area contributed by atoms with Crippen LogP contribution in [-0.4, -0.2) is 60.5 Å². The number of aromatic nitrogens is 2. The molecule has 2 aliphatic rings. The van der Waals surface area contributed by atoms with Gasteiger partial charge in [-0.15, -0.1) is 10.2 Å². The van der Waals surface area contributed by atoms with Gasteiger partial charge in [0.15, 0.2) is 17.3 Å². The molecule has 0 atom stereocenters. The molecule has 0 unspecified atom stereocenters. The van der Waals surface area contributed by atoms with Gasteiger partial charge in [0.1, 0.15) is 5.82 Å². The van der Waals surface area contributed by atoms with Gasteiger partial charge in [-0.2, -0.15) is 0 Å². The molecule has 2 aliphatic heterocycles. The van der Waals surface area contributed by atoms with Crippen molar-refractivity contribution in [2.45, 2.75) is 6.92 Å². The third kappa shape index (κ3) is 4.00. The van der Waals surface area contributed by atoms with E-state index in [0.29, 0.717) is 18.8 Å². The van der Waals surface area contributed by atoms with Gasteiger partial charge in [-0.1, -0.05) is 6.07 Å². The molecule has 3 heterocycles. The molecule has 0 aliphatic carbocycles. The van der Waals surface area contributed by atoms with Crippen molar-refractivity contribution in [2.75, 3.05) is 49.7 Å². The molecule has 0 bridgehead atoms. The number of hydrogen-bond donors (Lipinski definition) is 1. The number of carbonyl (C=O) groups is 1. The molecule has 0 saturated carbocycles. The first-order valence-corrected chi connectivity index (χ1v) is 9.42. The van der Waals surface area contributed by atoms with E-state index in [2.05, 4.69) is 20.4 Å². The van der Waals surface area contributed by atoms with Crippen LogP contribution in [0, 0.1) is 0 Å². The van der Waals surface area contributed by atoms with Crippen LogP contribution in [0.2, 0.25) is 0 Å². The molecule has 8 nitrogen and oxygen atoms in total. The van der Waals surface area contributed by atoms with Crippen LogP contribution in [0.5, 0.6) is 11.5 Å². The maximum atomic E-state index is 12.5. The lowest BCUT2D eigenvalue weighted by molar-refractivity contribution is -0.126. The zero-order valence-corrected chi connectivity index (χ0v) is 15.8. The lowest BCUT2D eigenvalue weighted by Crippen LogP contribution is -2.48. The van der Waals surface area contributed by atoms with Crippen molar-refractivity contribution in [3.63, 3.8) is 0 Å². The topological polar surface area (TPSA) is 79.8 Å². The second kappa shape index (κ2) is 8.16. The minimum Gasteiger partial charge on any atom is -0.454 e. The quantitative estimate of drug-likeness (QED) is 0.794. The number of carbonyl (C=O) groups excluding carboxylic acids is 1. The van der Waals surface area contributed by atoms with E-state index in [1.54, 1.807) is 6.08 Å². The fraction of sp³-hybridized carbons (Fsp3) is 0.350. The Morgan fingerprint density at radius 2 is 1.93 bits per heavy atom. The maximum Gasteiger partial charge on any atom is 0.246 e. The normalized spacial score (nSPS) is 15.9. The van der Waals surface area contributed by atoms with Crippen LogP contribution in [0.15, 0.2) is 36.4 Å². The zero-order chi connectivity index (χ0) is 19.3. The minimum atomic E-state index is 0.00546. The summed E-state index contributed by atoms with van der Waals surface area (Å²) < 4.78 is 10.7. The van der Waals surface area contributed by atoms with Crippen molar-refractivity contribution in [3.8, 4) is 11.5 Å². The number of rotatable bonds is 5. The van der Waals surface area contributed by atoms with E-state index in [1.165, 1.54) is 0 Å². The molecule has 4 rings (SSSR count). The van der Waals surface area contributed by atoms with Crippen molar-refractivity contribution in [1.82, 2.24) is 15.1 Å². The summed E-state index contributed by atoms with van der Waals surface area (Å²) in [7, 11) is 0. The molecule has 1 fully saturated rings. The second-order valence-corrected chi connectivity index (χ2v) is 6.57. The van der Waals surface area contributed by atoms with Crippen LogP contribution in [0.25, 0.3) is 6.08 Å². The minimum absolute atomic E-state index is 0.00546. The summed E-state index contributed by atoms with van der Waals surface area (Å²) in [6.45, 7) is 5.86. The number of hydrogen-bond acceptors (Lipinski definition) is 7. The van der Waals surface area contributed by atoms with Gasteiger partial charge in [0.05, 0.1) is 0 Å². The van der Waals surface area contributed by atoms with E-state index in [-0.39, 0.29) is 12.7 Å². The number of amides is 1. The van der Waals surface area contributed by atoms with E-state index in [0.717, 1.165) is 42.6 Å². The molecule has 28 heavy (non-hydrogen) atoms. The molecule has 1 aromatic heterocycles. The summed E-state index contributed by atoms with van der Waals surface area (Å²) in [5.41, 5.74) is 0.910. The molecular weight excluding hydrogens is 358 g/mol. The van der Waals surface area contributed by atoms with Crippen LogP contribution < -0.4 is 19.7 Å². The molecule has 1 saturated heterocycles. The van der Waals surface area contributed by atoms with E-state index < -0.39 is 0 Å². The summed E-state index contributed by atoms with van der Waals surface area (Å²) in [6.07, 6.45) is 3.42. The molecular formula is C20H23N5O3. The predicted molar refractivity (Wildman–Crippen MR) is 107 cm³/mol. The standard InChI is InChI=1S/C20H23N5O3/c1-2-21-18-6-7-19(23-22-18)24-9-11-25(12-10-24)20(26)8-4-15-3-5-16-17(13-15)28-14-27-16/h3-8,13H,2,9-12,14H2,1H3,(H,21,22)/b8-4+. The number of nitrogens with one attached hydrogen (secondary N) is 1. The number of fused-ring (bicyclic) bond motifs is 1. The predicted octanol–water partition coefficient (Wildman–Crippen LogP) is 2.00. The summed E-state index contributed by atoms with van der Waals surface area (Å²) in [5.74, 6) is 3.06. The lowest BCUT2D eigenvalue weighted by atomic mass is 10.2. The average molecular weight is 381 g/mol. The van der Waals surface area contributed by atoms with Crippen LogP contribution in [0.4, 0.5) is 11.6 Å². The Hall–Kier alpha value is -3.29. The van der Waals surface area contributed by atoms with Crippen LogP contribution in [0.1, 0.15) is 12.5 Å². The summed E-state index contributed by atoms with van der Waals surface area (Å²) in [6, 6.07) is 9.53. The fourth-order valence-corrected chi connectivity index (χ4v) is 3.21.